The Balaban J connectivity index is 1.47. The third-order valence-corrected chi connectivity index (χ3v) is 5.21. The highest BCUT2D eigenvalue weighted by molar-refractivity contribution is 5.96. The fourth-order valence-corrected chi connectivity index (χ4v) is 3.77. The number of nitrogens with one attached hydrogen (secondary N) is 2. The van der Waals surface area contributed by atoms with Crippen molar-refractivity contribution >= 4 is 17.6 Å². The molecule has 2 N–H and O–H groups in total. The predicted molar refractivity (Wildman–Crippen MR) is 98.7 cm³/mol. The Hall–Kier alpha value is -2.08. The SMILES string of the molecule is CCN1CCC[C@H]1CNC(=O)N[C@@H]1CC(=O)N(c2ccc(C)cc2)C1. The summed E-state index contributed by atoms with van der Waals surface area (Å²) in [5.74, 6) is 0.0575. The van der Waals surface area contributed by atoms with Crippen LogP contribution in [0.3, 0.4) is 0 Å². The van der Waals surface area contributed by atoms with Gasteiger partial charge in [-0.05, 0) is 45.0 Å². The first-order chi connectivity index (χ1) is 12.1. The minimum atomic E-state index is -0.175. The van der Waals surface area contributed by atoms with Crippen molar-refractivity contribution in [1.82, 2.24) is 15.5 Å². The topological polar surface area (TPSA) is 64.7 Å². The molecule has 2 heterocycles. The van der Waals surface area contributed by atoms with Gasteiger partial charge >= 0.3 is 6.03 Å². The normalized spacial score (nSPS) is 23.9. The molecular weight excluding hydrogens is 316 g/mol. The van der Waals surface area contributed by atoms with Gasteiger partial charge in [-0.25, -0.2) is 4.79 Å². The first-order valence-electron chi connectivity index (χ1n) is 9.22. The van der Waals surface area contributed by atoms with Gasteiger partial charge in [-0.1, -0.05) is 24.6 Å². The van der Waals surface area contributed by atoms with Gasteiger partial charge in [0.25, 0.3) is 0 Å². The largest absolute Gasteiger partial charge is 0.337 e. The second kappa shape index (κ2) is 7.87. The van der Waals surface area contributed by atoms with Crippen molar-refractivity contribution in [2.75, 3.05) is 31.1 Å². The summed E-state index contributed by atoms with van der Waals surface area (Å²) in [6.07, 6.45) is 2.69. The number of hydrogen-bond acceptors (Lipinski definition) is 3. The van der Waals surface area contributed by atoms with Gasteiger partial charge in [0.05, 0.1) is 6.04 Å². The molecule has 2 aliphatic heterocycles. The van der Waals surface area contributed by atoms with Gasteiger partial charge in [0, 0.05) is 31.2 Å². The van der Waals surface area contributed by atoms with Crippen molar-refractivity contribution in [2.24, 2.45) is 0 Å². The van der Waals surface area contributed by atoms with E-state index in [0.29, 0.717) is 25.6 Å². The maximum Gasteiger partial charge on any atom is 0.315 e. The van der Waals surface area contributed by atoms with Crippen LogP contribution in [0.5, 0.6) is 0 Å². The Bertz CT molecular complexity index is 616. The molecule has 1 aromatic rings. The highest BCUT2D eigenvalue weighted by atomic mass is 16.2. The van der Waals surface area contributed by atoms with Crippen LogP contribution in [0.15, 0.2) is 24.3 Å². The van der Waals surface area contributed by atoms with E-state index in [9.17, 15) is 9.59 Å². The summed E-state index contributed by atoms with van der Waals surface area (Å²) in [7, 11) is 0. The zero-order chi connectivity index (χ0) is 17.8. The van der Waals surface area contributed by atoms with Gasteiger partial charge in [-0.2, -0.15) is 0 Å². The molecule has 0 saturated carbocycles. The molecule has 0 bridgehead atoms. The zero-order valence-corrected chi connectivity index (χ0v) is 15.1. The van der Waals surface area contributed by atoms with E-state index in [1.54, 1.807) is 4.90 Å². The number of carbonyl (C=O) groups is 2. The van der Waals surface area contributed by atoms with Crippen molar-refractivity contribution < 1.29 is 9.59 Å². The van der Waals surface area contributed by atoms with Gasteiger partial charge in [0.2, 0.25) is 5.91 Å². The quantitative estimate of drug-likeness (QED) is 0.857. The number of likely N-dealkylation sites (tertiary alicyclic amines) is 1. The van der Waals surface area contributed by atoms with Gasteiger partial charge in [-0.15, -0.1) is 0 Å². The first kappa shape index (κ1) is 17.7. The van der Waals surface area contributed by atoms with Crippen LogP contribution in [0.4, 0.5) is 10.5 Å². The van der Waals surface area contributed by atoms with Crippen LogP contribution in [0, 0.1) is 6.92 Å². The minimum Gasteiger partial charge on any atom is -0.337 e. The number of hydrogen-bond donors (Lipinski definition) is 2. The smallest absolute Gasteiger partial charge is 0.315 e. The second-order valence-electron chi connectivity index (χ2n) is 7.02. The molecule has 3 rings (SSSR count). The summed E-state index contributed by atoms with van der Waals surface area (Å²) >= 11 is 0. The van der Waals surface area contributed by atoms with E-state index in [0.717, 1.165) is 30.8 Å². The van der Waals surface area contributed by atoms with Gasteiger partial charge in [0.1, 0.15) is 0 Å². The molecule has 0 aliphatic carbocycles. The average molecular weight is 344 g/mol. The van der Waals surface area contributed by atoms with Crippen LogP contribution < -0.4 is 15.5 Å². The average Bonchev–Trinajstić information content (AvgIpc) is 3.19. The Labute approximate surface area is 149 Å². The van der Waals surface area contributed by atoms with Crippen LogP contribution in [-0.2, 0) is 4.79 Å². The van der Waals surface area contributed by atoms with Crippen LogP contribution in [0.25, 0.3) is 0 Å². The van der Waals surface area contributed by atoms with E-state index in [1.807, 2.05) is 31.2 Å². The summed E-state index contributed by atoms with van der Waals surface area (Å²) in [5, 5.41) is 5.92. The Morgan fingerprint density at radius 2 is 2.04 bits per heavy atom. The van der Waals surface area contributed by atoms with Crippen LogP contribution in [0.1, 0.15) is 31.7 Å². The van der Waals surface area contributed by atoms with Crippen molar-refractivity contribution in [2.45, 2.75) is 45.2 Å². The molecule has 0 aromatic heterocycles. The zero-order valence-electron chi connectivity index (χ0n) is 15.1. The highest BCUT2D eigenvalue weighted by Crippen LogP contribution is 2.22. The number of urea groups is 1. The molecule has 136 valence electrons. The summed E-state index contributed by atoms with van der Waals surface area (Å²) in [5.41, 5.74) is 2.06. The fraction of sp³-hybridized carbons (Fsp3) is 0.579. The van der Waals surface area contributed by atoms with E-state index in [-0.39, 0.29) is 18.0 Å². The molecule has 1 aromatic carbocycles. The number of aryl methyl sites for hydroxylation is 1. The third-order valence-electron chi connectivity index (χ3n) is 5.21. The fourth-order valence-electron chi connectivity index (χ4n) is 3.77. The number of likely N-dealkylation sites (N-methyl/N-ethyl adjacent to an activating group) is 1. The lowest BCUT2D eigenvalue weighted by molar-refractivity contribution is -0.117. The lowest BCUT2D eigenvalue weighted by Crippen LogP contribution is -2.47. The third kappa shape index (κ3) is 4.31. The lowest BCUT2D eigenvalue weighted by atomic mass is 10.2. The number of carbonyl (C=O) groups excluding carboxylic acids is 2. The monoisotopic (exact) mass is 344 g/mol. The Kier molecular flexibility index (Phi) is 5.58. The van der Waals surface area contributed by atoms with Crippen molar-refractivity contribution in [1.29, 1.82) is 0 Å². The van der Waals surface area contributed by atoms with Crippen molar-refractivity contribution in [3.8, 4) is 0 Å². The molecule has 2 aliphatic rings. The van der Waals surface area contributed by atoms with Crippen LogP contribution in [-0.4, -0.2) is 55.1 Å². The Morgan fingerprint density at radius 1 is 1.28 bits per heavy atom. The molecule has 2 atom stereocenters. The summed E-state index contributed by atoms with van der Waals surface area (Å²) < 4.78 is 0. The highest BCUT2D eigenvalue weighted by Gasteiger charge is 2.32. The molecular formula is C19H28N4O2. The van der Waals surface area contributed by atoms with E-state index in [4.69, 9.17) is 0 Å². The maximum atomic E-state index is 12.2. The molecule has 0 unspecified atom stereocenters. The number of rotatable bonds is 5. The van der Waals surface area contributed by atoms with E-state index < -0.39 is 0 Å². The molecule has 2 fully saturated rings. The van der Waals surface area contributed by atoms with Crippen LogP contribution >= 0.6 is 0 Å². The molecule has 25 heavy (non-hydrogen) atoms. The van der Waals surface area contributed by atoms with E-state index in [2.05, 4.69) is 22.5 Å². The molecule has 3 amide bonds. The number of benzene rings is 1. The molecule has 0 radical (unpaired) electrons. The predicted octanol–water partition coefficient (Wildman–Crippen LogP) is 1.88. The summed E-state index contributed by atoms with van der Waals surface area (Å²) in [4.78, 5) is 28.6. The number of anilines is 1. The second-order valence-corrected chi connectivity index (χ2v) is 7.02. The Morgan fingerprint density at radius 3 is 2.76 bits per heavy atom. The first-order valence-corrected chi connectivity index (χ1v) is 9.22. The van der Waals surface area contributed by atoms with E-state index in [1.165, 1.54) is 6.42 Å². The standard InChI is InChI=1S/C19H28N4O2/c1-3-22-10-4-5-17(22)12-20-19(25)21-15-11-18(24)23(13-15)16-8-6-14(2)7-9-16/h6-9,15,17H,3-5,10-13H2,1-2H3,(H2,20,21,25)/t15-,17+/m1/s1. The molecule has 6 nitrogen and oxygen atoms in total. The molecule has 0 spiro atoms. The van der Waals surface area contributed by atoms with Crippen LogP contribution in [0.2, 0.25) is 0 Å². The van der Waals surface area contributed by atoms with Gasteiger partial charge in [-0.3, -0.25) is 9.69 Å². The van der Waals surface area contributed by atoms with Crippen molar-refractivity contribution in [3.05, 3.63) is 29.8 Å². The number of amides is 3. The van der Waals surface area contributed by atoms with Gasteiger partial charge in [0.15, 0.2) is 0 Å². The summed E-state index contributed by atoms with van der Waals surface area (Å²) in [6.45, 7) is 7.52. The number of nitrogens with zero attached hydrogens (tertiary/aromatic N) is 2. The molecule has 2 saturated heterocycles. The van der Waals surface area contributed by atoms with E-state index >= 15 is 0 Å². The molecule has 6 heteroatoms. The summed E-state index contributed by atoms with van der Waals surface area (Å²) in [6, 6.07) is 8.02. The lowest BCUT2D eigenvalue weighted by Gasteiger charge is -2.23. The van der Waals surface area contributed by atoms with Gasteiger partial charge < -0.3 is 15.5 Å². The maximum absolute atomic E-state index is 12.2. The minimum absolute atomic E-state index is 0.0575. The van der Waals surface area contributed by atoms with Crippen molar-refractivity contribution in [3.63, 3.8) is 0 Å².